The highest BCUT2D eigenvalue weighted by molar-refractivity contribution is 7.99. The molecule has 0 saturated carbocycles. The van der Waals surface area contributed by atoms with Crippen LogP contribution in [0.2, 0.25) is 0 Å². The summed E-state index contributed by atoms with van der Waals surface area (Å²) in [5, 5.41) is 9.89. The van der Waals surface area contributed by atoms with Crippen LogP contribution < -0.4 is 0 Å². The quantitative estimate of drug-likeness (QED) is 0.836. The predicted molar refractivity (Wildman–Crippen MR) is 58.3 cm³/mol. The van der Waals surface area contributed by atoms with Gasteiger partial charge in [0.2, 0.25) is 0 Å². The summed E-state index contributed by atoms with van der Waals surface area (Å²) in [6.07, 6.45) is 6.32. The molecule has 1 atom stereocenters. The normalized spacial score (nSPS) is 20.9. The third kappa shape index (κ3) is 2.55. The number of aliphatic hydroxyl groups excluding tert-OH is 1. The average molecular weight is 212 g/mol. The van der Waals surface area contributed by atoms with E-state index in [1.165, 1.54) is 24.3 Å². The molecule has 1 N–H and O–H groups in total. The van der Waals surface area contributed by atoms with Gasteiger partial charge in [-0.1, -0.05) is 0 Å². The Labute approximate surface area is 88.7 Å². The van der Waals surface area contributed by atoms with E-state index in [1.54, 1.807) is 12.5 Å². The van der Waals surface area contributed by atoms with Gasteiger partial charge in [-0.25, -0.2) is 0 Å². The third-order valence-electron chi connectivity index (χ3n) is 2.83. The summed E-state index contributed by atoms with van der Waals surface area (Å²) < 4.78 is 4.96. The Balaban J connectivity index is 1.84. The minimum atomic E-state index is -0.332. The number of aliphatic hydroxyl groups is 1. The highest BCUT2D eigenvalue weighted by Crippen LogP contribution is 2.30. The smallest absolute Gasteiger partial charge is 0.0960 e. The maximum Gasteiger partial charge on any atom is 0.0960 e. The Morgan fingerprint density at radius 2 is 2.29 bits per heavy atom. The van der Waals surface area contributed by atoms with Gasteiger partial charge in [0.05, 0.1) is 18.6 Å². The number of hydrogen-bond donors (Lipinski definition) is 1. The summed E-state index contributed by atoms with van der Waals surface area (Å²) in [7, 11) is 0. The average Bonchev–Trinajstić information content (AvgIpc) is 2.72. The summed E-state index contributed by atoms with van der Waals surface area (Å²) in [5.41, 5.74) is 0.920. The molecule has 0 spiro atoms. The summed E-state index contributed by atoms with van der Waals surface area (Å²) in [6, 6.07) is 1.85. The van der Waals surface area contributed by atoms with Crippen molar-refractivity contribution in [1.29, 1.82) is 0 Å². The maximum absolute atomic E-state index is 9.89. The molecular formula is C11H16O2S. The molecule has 1 aliphatic rings. The second-order valence-corrected chi connectivity index (χ2v) is 5.09. The van der Waals surface area contributed by atoms with Crippen molar-refractivity contribution in [2.24, 2.45) is 5.92 Å². The number of rotatable bonds is 3. The van der Waals surface area contributed by atoms with Crippen molar-refractivity contribution in [3.05, 3.63) is 24.2 Å². The molecule has 1 unspecified atom stereocenters. The molecule has 2 heterocycles. The fourth-order valence-corrected chi connectivity index (χ4v) is 3.10. The zero-order chi connectivity index (χ0) is 9.80. The van der Waals surface area contributed by atoms with Crippen LogP contribution in [0.3, 0.4) is 0 Å². The molecule has 1 aliphatic heterocycles. The van der Waals surface area contributed by atoms with Crippen LogP contribution in [0.1, 0.15) is 30.9 Å². The van der Waals surface area contributed by atoms with Crippen molar-refractivity contribution in [1.82, 2.24) is 0 Å². The Kier molecular flexibility index (Phi) is 3.54. The van der Waals surface area contributed by atoms with Gasteiger partial charge in [-0.05, 0) is 42.8 Å². The van der Waals surface area contributed by atoms with Crippen molar-refractivity contribution < 1.29 is 9.52 Å². The van der Waals surface area contributed by atoms with Crippen molar-refractivity contribution in [3.8, 4) is 0 Å². The molecule has 1 saturated heterocycles. The van der Waals surface area contributed by atoms with Crippen LogP contribution in [0.5, 0.6) is 0 Å². The third-order valence-corrected chi connectivity index (χ3v) is 3.87. The fourth-order valence-electron chi connectivity index (χ4n) is 1.90. The highest BCUT2D eigenvalue weighted by atomic mass is 32.2. The van der Waals surface area contributed by atoms with E-state index in [0.29, 0.717) is 5.92 Å². The van der Waals surface area contributed by atoms with Gasteiger partial charge < -0.3 is 9.52 Å². The summed E-state index contributed by atoms with van der Waals surface area (Å²) in [4.78, 5) is 0. The standard InChI is InChI=1S/C11H16O2S/c12-11(10-1-4-13-8-10)7-9-2-5-14-6-3-9/h1,4,8-9,11-12H,2-3,5-7H2. The first kappa shape index (κ1) is 10.1. The minimum absolute atomic E-state index is 0.332. The zero-order valence-corrected chi connectivity index (χ0v) is 9.00. The molecule has 1 aromatic rings. The fraction of sp³-hybridized carbons (Fsp3) is 0.636. The SMILES string of the molecule is OC(CC1CCSCC1)c1ccoc1. The Morgan fingerprint density at radius 1 is 1.50 bits per heavy atom. The molecule has 2 nitrogen and oxygen atoms in total. The van der Waals surface area contributed by atoms with Crippen molar-refractivity contribution >= 4 is 11.8 Å². The predicted octanol–water partition coefficient (Wildman–Crippen LogP) is 2.85. The van der Waals surface area contributed by atoms with E-state index in [4.69, 9.17) is 4.42 Å². The molecular weight excluding hydrogens is 196 g/mol. The molecule has 0 aliphatic carbocycles. The molecule has 3 heteroatoms. The molecule has 1 aromatic heterocycles. The van der Waals surface area contributed by atoms with Gasteiger partial charge in [0.1, 0.15) is 0 Å². The Morgan fingerprint density at radius 3 is 2.93 bits per heavy atom. The Bertz CT molecular complexity index is 252. The lowest BCUT2D eigenvalue weighted by molar-refractivity contribution is 0.140. The van der Waals surface area contributed by atoms with E-state index in [0.717, 1.165) is 12.0 Å². The maximum atomic E-state index is 9.89. The second-order valence-electron chi connectivity index (χ2n) is 3.86. The topological polar surface area (TPSA) is 33.4 Å². The monoisotopic (exact) mass is 212 g/mol. The van der Waals surface area contributed by atoms with Gasteiger partial charge in [0, 0.05) is 5.56 Å². The van der Waals surface area contributed by atoms with Crippen molar-refractivity contribution in [3.63, 3.8) is 0 Å². The summed E-state index contributed by atoms with van der Waals surface area (Å²) in [5.74, 6) is 3.20. The molecule has 0 aromatic carbocycles. The molecule has 14 heavy (non-hydrogen) atoms. The Hall–Kier alpha value is -0.410. The van der Waals surface area contributed by atoms with E-state index in [-0.39, 0.29) is 6.10 Å². The van der Waals surface area contributed by atoms with Crippen LogP contribution in [-0.4, -0.2) is 16.6 Å². The van der Waals surface area contributed by atoms with Crippen LogP contribution in [0.25, 0.3) is 0 Å². The van der Waals surface area contributed by atoms with Gasteiger partial charge in [-0.3, -0.25) is 0 Å². The first-order valence-electron chi connectivity index (χ1n) is 5.14. The number of hydrogen-bond acceptors (Lipinski definition) is 3. The summed E-state index contributed by atoms with van der Waals surface area (Å²) in [6.45, 7) is 0. The van der Waals surface area contributed by atoms with Gasteiger partial charge in [-0.2, -0.15) is 11.8 Å². The summed E-state index contributed by atoms with van der Waals surface area (Å²) >= 11 is 2.02. The zero-order valence-electron chi connectivity index (χ0n) is 8.19. The first-order valence-corrected chi connectivity index (χ1v) is 6.29. The lowest BCUT2D eigenvalue weighted by Crippen LogP contribution is -2.13. The molecule has 78 valence electrons. The van der Waals surface area contributed by atoms with Crippen molar-refractivity contribution in [2.75, 3.05) is 11.5 Å². The minimum Gasteiger partial charge on any atom is -0.472 e. The van der Waals surface area contributed by atoms with E-state index < -0.39 is 0 Å². The van der Waals surface area contributed by atoms with Crippen molar-refractivity contribution in [2.45, 2.75) is 25.4 Å². The van der Waals surface area contributed by atoms with Gasteiger partial charge in [-0.15, -0.1) is 0 Å². The van der Waals surface area contributed by atoms with Gasteiger partial charge in [0.25, 0.3) is 0 Å². The van der Waals surface area contributed by atoms with Crippen LogP contribution >= 0.6 is 11.8 Å². The van der Waals surface area contributed by atoms with Gasteiger partial charge in [0.15, 0.2) is 0 Å². The number of thioether (sulfide) groups is 1. The van der Waals surface area contributed by atoms with E-state index in [2.05, 4.69) is 0 Å². The van der Waals surface area contributed by atoms with E-state index >= 15 is 0 Å². The number of furan rings is 1. The van der Waals surface area contributed by atoms with E-state index in [1.807, 2.05) is 17.8 Å². The van der Waals surface area contributed by atoms with Crippen LogP contribution in [-0.2, 0) is 0 Å². The molecule has 2 rings (SSSR count). The van der Waals surface area contributed by atoms with Gasteiger partial charge >= 0.3 is 0 Å². The van der Waals surface area contributed by atoms with Crippen LogP contribution in [0.4, 0.5) is 0 Å². The van der Waals surface area contributed by atoms with Crippen LogP contribution in [0, 0.1) is 5.92 Å². The largest absolute Gasteiger partial charge is 0.472 e. The lowest BCUT2D eigenvalue weighted by atomic mass is 9.93. The molecule has 1 fully saturated rings. The van der Waals surface area contributed by atoms with E-state index in [9.17, 15) is 5.11 Å². The molecule has 0 bridgehead atoms. The first-order chi connectivity index (χ1) is 6.86. The second kappa shape index (κ2) is 4.89. The lowest BCUT2D eigenvalue weighted by Gasteiger charge is -2.23. The highest BCUT2D eigenvalue weighted by Gasteiger charge is 2.19. The van der Waals surface area contributed by atoms with Crippen LogP contribution in [0.15, 0.2) is 23.0 Å². The molecule has 0 amide bonds. The molecule has 0 radical (unpaired) electrons.